The van der Waals surface area contributed by atoms with E-state index in [4.69, 9.17) is 11.5 Å². The van der Waals surface area contributed by atoms with E-state index in [9.17, 15) is 19.8 Å². The fourth-order valence-corrected chi connectivity index (χ4v) is 6.76. The molecule has 12 heteroatoms. The summed E-state index contributed by atoms with van der Waals surface area (Å²) in [5.41, 5.74) is 16.6. The van der Waals surface area contributed by atoms with Crippen molar-refractivity contribution in [1.82, 2.24) is 19.8 Å². The molecule has 2 aromatic heterocycles. The molecule has 218 valence electrons. The van der Waals surface area contributed by atoms with Crippen molar-refractivity contribution in [2.45, 2.75) is 67.5 Å². The molecule has 0 saturated heterocycles. The Bertz CT molecular complexity index is 1180. The molecule has 0 aliphatic carbocycles. The van der Waals surface area contributed by atoms with Gasteiger partial charge in [0.15, 0.2) is 0 Å². The van der Waals surface area contributed by atoms with Crippen molar-refractivity contribution in [3.63, 3.8) is 0 Å². The summed E-state index contributed by atoms with van der Waals surface area (Å²) in [6, 6.07) is 7.40. The summed E-state index contributed by atoms with van der Waals surface area (Å²) in [7, 11) is 2.77. The van der Waals surface area contributed by atoms with Gasteiger partial charge in [-0.05, 0) is 39.8 Å². The summed E-state index contributed by atoms with van der Waals surface area (Å²) >= 11 is 0. The van der Waals surface area contributed by atoms with Crippen LogP contribution in [0.4, 0.5) is 11.6 Å². The van der Waals surface area contributed by atoms with E-state index in [1.54, 1.807) is 9.80 Å². The molecular weight excluding hydrogens is 548 g/mol. The largest absolute Gasteiger partial charge is 0.396 e. The van der Waals surface area contributed by atoms with Crippen LogP contribution in [0.15, 0.2) is 45.5 Å². The van der Waals surface area contributed by atoms with Crippen molar-refractivity contribution in [3.05, 3.63) is 68.0 Å². The minimum Gasteiger partial charge on any atom is -0.396 e. The summed E-state index contributed by atoms with van der Waals surface area (Å²) in [4.78, 5) is 38.7. The summed E-state index contributed by atoms with van der Waals surface area (Å²) < 4.78 is 0. The molecule has 0 aliphatic heterocycles. The molecule has 0 atom stereocenters. The Morgan fingerprint density at radius 1 is 0.725 bits per heavy atom. The lowest BCUT2D eigenvalue weighted by molar-refractivity contribution is -0.128. The maximum atomic E-state index is 12.7. The van der Waals surface area contributed by atoms with Crippen LogP contribution < -0.4 is 11.5 Å². The van der Waals surface area contributed by atoms with Gasteiger partial charge in [0.25, 0.3) is 0 Å². The zero-order valence-corrected chi connectivity index (χ0v) is 25.7. The third kappa shape index (κ3) is 9.26. The number of nitrogens with two attached hydrogens (primary N) is 2. The Hall–Kier alpha value is -3.06. The molecule has 2 rings (SSSR count). The number of hydrogen-bond donors (Lipinski definition) is 4. The van der Waals surface area contributed by atoms with Crippen LogP contribution in [0.2, 0.25) is 0 Å². The molecule has 0 aliphatic rings. The number of aryl methyl sites for hydroxylation is 2. The fraction of sp³-hybridized carbons (Fsp3) is 0.429. The first-order valence-corrected chi connectivity index (χ1v) is 15.0. The van der Waals surface area contributed by atoms with E-state index in [1.165, 1.54) is 35.4 Å². The van der Waals surface area contributed by atoms with E-state index in [0.29, 0.717) is 35.9 Å². The summed E-state index contributed by atoms with van der Waals surface area (Å²) in [6.07, 6.45) is 0.644. The first-order valence-electron chi connectivity index (χ1n) is 12.8. The van der Waals surface area contributed by atoms with Crippen LogP contribution in [0.1, 0.15) is 63.1 Å². The predicted octanol–water partition coefficient (Wildman–Crippen LogP) is 4.26. The first-order chi connectivity index (χ1) is 18.9. The molecule has 6 N–H and O–H groups in total. The Labute approximate surface area is 244 Å². The molecule has 0 aromatic carbocycles. The molecule has 0 radical (unpaired) electrons. The highest BCUT2D eigenvalue weighted by Crippen LogP contribution is 2.43. The van der Waals surface area contributed by atoms with Crippen molar-refractivity contribution in [2.24, 2.45) is 0 Å². The fourth-order valence-electron chi connectivity index (χ4n) is 3.92. The first kappa shape index (κ1) is 33.1. The number of anilines is 2. The van der Waals surface area contributed by atoms with Gasteiger partial charge >= 0.3 is 0 Å². The molecule has 0 bridgehead atoms. The minimum atomic E-state index is -0.173. The average Bonchev–Trinajstić information content (AvgIpc) is 2.88. The van der Waals surface area contributed by atoms with E-state index in [1.807, 2.05) is 52.0 Å². The Kier molecular flexibility index (Phi) is 13.0. The van der Waals surface area contributed by atoms with Crippen LogP contribution in [0.3, 0.4) is 0 Å². The van der Waals surface area contributed by atoms with Gasteiger partial charge in [0.05, 0.1) is 13.1 Å². The van der Waals surface area contributed by atoms with Crippen molar-refractivity contribution in [3.8, 4) is 0 Å². The minimum absolute atomic E-state index is 0.114. The standard InChI is InChI=1S/C28H40N6O4S2/c1-17-7-9-23(27(29)31-17)15-33(21(5)37)19(3)25(11-13-35)39-40-26(12-14-36)20(4)34(22(6)38)16-24-10-8-18(2)32-28(24)30/h7-10,35-36H,11-16H2,1-6H3,(H2,29,31)(H2,30,32)/b25-19-,26-20-. The lowest BCUT2D eigenvalue weighted by Gasteiger charge is -2.27. The number of amides is 2. The van der Waals surface area contributed by atoms with Gasteiger partial charge in [-0.3, -0.25) is 9.59 Å². The van der Waals surface area contributed by atoms with Gasteiger partial charge in [0.2, 0.25) is 11.8 Å². The monoisotopic (exact) mass is 588 g/mol. The maximum absolute atomic E-state index is 12.7. The van der Waals surface area contributed by atoms with Crippen LogP contribution in [0.25, 0.3) is 0 Å². The number of nitrogens with zero attached hydrogens (tertiary/aromatic N) is 4. The van der Waals surface area contributed by atoms with Gasteiger partial charge in [-0.25, -0.2) is 9.97 Å². The SMILES string of the molecule is CC(=O)N(Cc1ccc(C)nc1N)/C(C)=C(/CCO)SS/C(CCO)=C(/C)N(Cc1ccc(C)nc1N)C(C)=O. The third-order valence-electron chi connectivity index (χ3n) is 6.26. The van der Waals surface area contributed by atoms with Crippen LogP contribution in [-0.2, 0) is 22.7 Å². The number of rotatable bonds is 13. The van der Waals surface area contributed by atoms with Gasteiger partial charge in [0, 0.05) is 83.6 Å². The molecule has 2 amide bonds. The van der Waals surface area contributed by atoms with E-state index in [0.717, 1.165) is 32.3 Å². The molecule has 0 saturated carbocycles. The maximum Gasteiger partial charge on any atom is 0.223 e. The van der Waals surface area contributed by atoms with Gasteiger partial charge in [-0.1, -0.05) is 33.7 Å². The Morgan fingerprint density at radius 3 is 1.35 bits per heavy atom. The van der Waals surface area contributed by atoms with Gasteiger partial charge < -0.3 is 31.5 Å². The van der Waals surface area contributed by atoms with E-state index < -0.39 is 0 Å². The van der Waals surface area contributed by atoms with Crippen molar-refractivity contribution in [1.29, 1.82) is 0 Å². The Balaban J connectivity index is 2.40. The predicted molar refractivity (Wildman–Crippen MR) is 163 cm³/mol. The normalized spacial score (nSPS) is 12.5. The van der Waals surface area contributed by atoms with E-state index >= 15 is 0 Å². The number of carbonyl (C=O) groups is 2. The summed E-state index contributed by atoms with van der Waals surface area (Å²) in [6.45, 7) is 10.6. The number of allylic oxidation sites excluding steroid dienone is 2. The molecule has 0 fully saturated rings. The molecule has 2 aromatic rings. The molecule has 0 unspecified atom stereocenters. The smallest absolute Gasteiger partial charge is 0.223 e. The lowest BCUT2D eigenvalue weighted by atomic mass is 10.2. The number of pyridine rings is 2. The van der Waals surface area contributed by atoms with Crippen molar-refractivity contribution < 1.29 is 19.8 Å². The zero-order chi connectivity index (χ0) is 30.0. The molecular formula is C28H40N6O4S2. The van der Waals surface area contributed by atoms with E-state index in [-0.39, 0.29) is 38.1 Å². The topological polar surface area (TPSA) is 159 Å². The quantitative estimate of drug-likeness (QED) is 0.249. The van der Waals surface area contributed by atoms with Crippen LogP contribution in [0.5, 0.6) is 0 Å². The number of aliphatic hydroxyl groups is 2. The molecule has 40 heavy (non-hydrogen) atoms. The number of aliphatic hydroxyl groups excluding tert-OH is 2. The van der Waals surface area contributed by atoms with Crippen LogP contribution in [0, 0.1) is 13.8 Å². The number of nitrogen functional groups attached to an aromatic ring is 2. The number of aromatic nitrogens is 2. The highest BCUT2D eigenvalue weighted by molar-refractivity contribution is 8.79. The van der Waals surface area contributed by atoms with Crippen molar-refractivity contribution in [2.75, 3.05) is 24.7 Å². The lowest BCUT2D eigenvalue weighted by Crippen LogP contribution is -2.28. The van der Waals surface area contributed by atoms with Gasteiger partial charge in [-0.15, -0.1) is 0 Å². The second-order valence-corrected chi connectivity index (χ2v) is 11.7. The van der Waals surface area contributed by atoms with Crippen molar-refractivity contribution >= 4 is 45.0 Å². The second kappa shape index (κ2) is 15.7. The summed E-state index contributed by atoms with van der Waals surface area (Å²) in [5.74, 6) is 0.380. The van der Waals surface area contributed by atoms with Gasteiger partial charge in [-0.2, -0.15) is 0 Å². The number of carbonyl (C=O) groups excluding carboxylic acids is 2. The van der Waals surface area contributed by atoms with Gasteiger partial charge in [0.1, 0.15) is 11.6 Å². The third-order valence-corrected chi connectivity index (χ3v) is 9.20. The Morgan fingerprint density at radius 2 is 1.07 bits per heavy atom. The molecule has 2 heterocycles. The molecule has 0 spiro atoms. The summed E-state index contributed by atoms with van der Waals surface area (Å²) in [5, 5.41) is 19.6. The highest BCUT2D eigenvalue weighted by Gasteiger charge is 2.21. The molecule has 10 nitrogen and oxygen atoms in total. The second-order valence-electron chi connectivity index (χ2n) is 9.34. The van der Waals surface area contributed by atoms with E-state index in [2.05, 4.69) is 9.97 Å². The number of hydrogen-bond acceptors (Lipinski definition) is 10. The average molecular weight is 589 g/mol. The highest BCUT2D eigenvalue weighted by atomic mass is 33.1. The van der Waals surface area contributed by atoms with Crippen LogP contribution >= 0.6 is 21.6 Å². The van der Waals surface area contributed by atoms with Crippen LogP contribution in [-0.4, -0.2) is 55.0 Å². The zero-order valence-electron chi connectivity index (χ0n) is 24.0.